The number of nitrogen functional groups attached to an aromatic ring is 1. The first-order chi connectivity index (χ1) is 15.6. The average molecular weight is 428 g/mol. The summed E-state index contributed by atoms with van der Waals surface area (Å²) < 4.78 is 1.65. The van der Waals surface area contributed by atoms with E-state index in [0.717, 1.165) is 40.8 Å². The second kappa shape index (κ2) is 8.32. The van der Waals surface area contributed by atoms with E-state index in [1.807, 2.05) is 66.9 Å². The summed E-state index contributed by atoms with van der Waals surface area (Å²) in [5.74, 6) is 0.231. The number of nitrogens with one attached hydrogen (secondary N) is 1. The lowest BCUT2D eigenvalue weighted by Crippen LogP contribution is -2.33. The van der Waals surface area contributed by atoms with Gasteiger partial charge in [-0.1, -0.05) is 49.4 Å². The van der Waals surface area contributed by atoms with Gasteiger partial charge >= 0.3 is 6.03 Å². The zero-order chi connectivity index (χ0) is 22.1. The molecule has 5 rings (SSSR count). The van der Waals surface area contributed by atoms with Gasteiger partial charge in [-0.15, -0.1) is 5.10 Å². The summed E-state index contributed by atoms with van der Waals surface area (Å²) in [5.41, 5.74) is 11.1. The molecule has 1 unspecified atom stereocenters. The summed E-state index contributed by atoms with van der Waals surface area (Å²) >= 11 is 0. The molecule has 8 nitrogen and oxygen atoms in total. The van der Waals surface area contributed by atoms with Gasteiger partial charge in [-0.3, -0.25) is 4.84 Å². The minimum Gasteiger partial charge on any atom is -0.366 e. The lowest BCUT2D eigenvalue weighted by molar-refractivity contribution is -0.0829. The largest absolute Gasteiger partial charge is 0.366 e. The van der Waals surface area contributed by atoms with Crippen molar-refractivity contribution in [2.75, 3.05) is 17.7 Å². The molecule has 1 aliphatic heterocycles. The molecule has 1 fully saturated rings. The first-order valence-corrected chi connectivity index (χ1v) is 10.7. The van der Waals surface area contributed by atoms with Crippen molar-refractivity contribution in [3.8, 4) is 11.1 Å². The number of nitrogens with zero attached hydrogens (tertiary/aromatic N) is 4. The Morgan fingerprint density at radius 3 is 2.78 bits per heavy atom. The van der Waals surface area contributed by atoms with Crippen LogP contribution in [-0.4, -0.2) is 32.3 Å². The fourth-order valence-electron chi connectivity index (χ4n) is 4.07. The molecule has 1 atom stereocenters. The Bertz CT molecular complexity index is 1270. The number of nitrogens with two attached hydrogens (primary N) is 1. The Morgan fingerprint density at radius 1 is 1.16 bits per heavy atom. The molecule has 0 spiro atoms. The van der Waals surface area contributed by atoms with E-state index in [0.29, 0.717) is 12.3 Å². The number of aryl methyl sites for hydroxylation is 1. The molecule has 0 radical (unpaired) electrons. The van der Waals surface area contributed by atoms with Gasteiger partial charge in [-0.05, 0) is 41.3 Å². The van der Waals surface area contributed by atoms with E-state index in [2.05, 4.69) is 22.3 Å². The Labute approximate surface area is 185 Å². The van der Waals surface area contributed by atoms with E-state index >= 15 is 0 Å². The van der Waals surface area contributed by atoms with Crippen molar-refractivity contribution in [1.29, 1.82) is 0 Å². The van der Waals surface area contributed by atoms with Gasteiger partial charge in [-0.25, -0.2) is 9.31 Å². The summed E-state index contributed by atoms with van der Waals surface area (Å²) in [6.45, 7) is 2.57. The van der Waals surface area contributed by atoms with E-state index in [1.165, 1.54) is 5.06 Å². The standard InChI is InChI=1S/C24H24N6O2/c1-2-16-8-9-18(19-10-11-22-27-23(25)28-29(22)15-19)14-20(16)26-24(31)30-21(12-13-32-30)17-6-4-3-5-7-17/h3-11,14-15,21H,2,12-13H2,1H3,(H2,25,28)(H,26,31). The predicted octanol–water partition coefficient (Wildman–Crippen LogP) is 4.45. The van der Waals surface area contributed by atoms with Crippen molar-refractivity contribution >= 4 is 23.3 Å². The Hall–Kier alpha value is -3.91. The van der Waals surface area contributed by atoms with Gasteiger partial charge < -0.3 is 11.1 Å². The van der Waals surface area contributed by atoms with E-state index in [4.69, 9.17) is 10.6 Å². The van der Waals surface area contributed by atoms with Crippen LogP contribution in [0.25, 0.3) is 16.8 Å². The topological polar surface area (TPSA) is 97.8 Å². The average Bonchev–Trinajstić information content (AvgIpc) is 3.45. The molecule has 2 amide bonds. The number of aromatic nitrogens is 3. The monoisotopic (exact) mass is 428 g/mol. The van der Waals surface area contributed by atoms with Crippen LogP contribution in [0, 0.1) is 0 Å². The van der Waals surface area contributed by atoms with Crippen molar-refractivity contribution in [2.45, 2.75) is 25.8 Å². The summed E-state index contributed by atoms with van der Waals surface area (Å²) in [7, 11) is 0. The minimum absolute atomic E-state index is 0.107. The van der Waals surface area contributed by atoms with Gasteiger partial charge in [0, 0.05) is 23.9 Å². The number of urea groups is 1. The molecule has 0 bridgehead atoms. The third kappa shape index (κ3) is 3.76. The zero-order valence-electron chi connectivity index (χ0n) is 17.7. The van der Waals surface area contributed by atoms with Crippen LogP contribution in [0.15, 0.2) is 66.9 Å². The van der Waals surface area contributed by atoms with Crippen LogP contribution in [0.3, 0.4) is 0 Å². The summed E-state index contributed by atoms with van der Waals surface area (Å²) in [5, 5.41) is 8.70. The zero-order valence-corrected chi connectivity index (χ0v) is 17.7. The van der Waals surface area contributed by atoms with Gasteiger partial charge in [0.1, 0.15) is 0 Å². The number of carbonyl (C=O) groups is 1. The number of anilines is 2. The van der Waals surface area contributed by atoms with Gasteiger partial charge in [0.2, 0.25) is 5.95 Å². The van der Waals surface area contributed by atoms with Crippen LogP contribution in [0.4, 0.5) is 16.4 Å². The highest BCUT2D eigenvalue weighted by Gasteiger charge is 2.32. The normalized spacial score (nSPS) is 15.9. The van der Waals surface area contributed by atoms with Gasteiger partial charge in [-0.2, -0.15) is 10.0 Å². The fraction of sp³-hybridized carbons (Fsp3) is 0.208. The van der Waals surface area contributed by atoms with Gasteiger partial charge in [0.05, 0.1) is 12.6 Å². The van der Waals surface area contributed by atoms with Crippen molar-refractivity contribution in [2.24, 2.45) is 0 Å². The van der Waals surface area contributed by atoms with Crippen molar-refractivity contribution in [3.63, 3.8) is 0 Å². The van der Waals surface area contributed by atoms with Gasteiger partial charge in [0.25, 0.3) is 0 Å². The van der Waals surface area contributed by atoms with E-state index in [9.17, 15) is 4.79 Å². The molecule has 2 aromatic heterocycles. The number of amides is 2. The first kappa shape index (κ1) is 20.0. The number of rotatable bonds is 4. The number of fused-ring (bicyclic) bond motifs is 1. The van der Waals surface area contributed by atoms with E-state index in [1.54, 1.807) is 4.52 Å². The molecule has 162 valence electrons. The minimum atomic E-state index is -0.275. The van der Waals surface area contributed by atoms with Crippen LogP contribution in [0.5, 0.6) is 0 Å². The number of hydrogen-bond donors (Lipinski definition) is 2. The quantitative estimate of drug-likeness (QED) is 0.500. The maximum absolute atomic E-state index is 13.1. The third-order valence-corrected chi connectivity index (χ3v) is 5.70. The molecule has 4 aromatic rings. The highest BCUT2D eigenvalue weighted by atomic mass is 16.7. The number of benzene rings is 2. The maximum Gasteiger partial charge on any atom is 0.346 e. The summed E-state index contributed by atoms with van der Waals surface area (Å²) in [6.07, 6.45) is 3.43. The lowest BCUT2D eigenvalue weighted by atomic mass is 10.0. The predicted molar refractivity (Wildman–Crippen MR) is 123 cm³/mol. The second-order valence-electron chi connectivity index (χ2n) is 7.72. The highest BCUT2D eigenvalue weighted by molar-refractivity contribution is 5.91. The molecule has 3 N–H and O–H groups in total. The van der Waals surface area contributed by atoms with E-state index in [-0.39, 0.29) is 18.0 Å². The molecule has 0 saturated carbocycles. The first-order valence-electron chi connectivity index (χ1n) is 10.7. The number of carbonyl (C=O) groups excluding carboxylic acids is 1. The Kier molecular flexibility index (Phi) is 5.20. The lowest BCUT2D eigenvalue weighted by Gasteiger charge is -2.24. The molecule has 1 aliphatic rings. The van der Waals surface area contributed by atoms with E-state index < -0.39 is 0 Å². The Balaban J connectivity index is 1.43. The number of hydroxylamine groups is 2. The van der Waals surface area contributed by atoms with Crippen LogP contribution in [-0.2, 0) is 11.3 Å². The van der Waals surface area contributed by atoms with Crippen molar-refractivity contribution in [1.82, 2.24) is 19.7 Å². The Morgan fingerprint density at radius 2 is 1.97 bits per heavy atom. The summed E-state index contributed by atoms with van der Waals surface area (Å²) in [4.78, 5) is 23.0. The van der Waals surface area contributed by atoms with Crippen molar-refractivity contribution in [3.05, 3.63) is 78.0 Å². The molecular formula is C24H24N6O2. The number of hydrogen-bond acceptors (Lipinski definition) is 5. The summed E-state index contributed by atoms with van der Waals surface area (Å²) in [6, 6.07) is 19.4. The van der Waals surface area contributed by atoms with Crippen LogP contribution in [0.1, 0.15) is 30.5 Å². The molecule has 3 heterocycles. The smallest absolute Gasteiger partial charge is 0.346 e. The third-order valence-electron chi connectivity index (χ3n) is 5.70. The highest BCUT2D eigenvalue weighted by Crippen LogP contribution is 2.32. The second-order valence-corrected chi connectivity index (χ2v) is 7.72. The fourth-order valence-corrected chi connectivity index (χ4v) is 4.07. The molecule has 2 aromatic carbocycles. The van der Waals surface area contributed by atoms with Crippen LogP contribution in [0.2, 0.25) is 0 Å². The van der Waals surface area contributed by atoms with Crippen molar-refractivity contribution < 1.29 is 9.63 Å². The van der Waals surface area contributed by atoms with Crippen LogP contribution < -0.4 is 11.1 Å². The SMILES string of the molecule is CCc1ccc(-c2ccc3nc(N)nn3c2)cc1NC(=O)N1OCCC1c1ccccc1. The molecule has 8 heteroatoms. The molecule has 0 aliphatic carbocycles. The van der Waals surface area contributed by atoms with Gasteiger partial charge in [0.15, 0.2) is 5.65 Å². The number of pyridine rings is 1. The van der Waals surface area contributed by atoms with Crippen LogP contribution >= 0.6 is 0 Å². The maximum atomic E-state index is 13.1. The molecule has 32 heavy (non-hydrogen) atoms. The molecular weight excluding hydrogens is 404 g/mol. The molecule has 1 saturated heterocycles.